The predicted molar refractivity (Wildman–Crippen MR) is 78.2 cm³/mol. The number of carbonyl (C=O) groups is 1. The molecule has 2 N–H and O–H groups in total. The average molecular weight is 293 g/mol. The van der Waals surface area contributed by atoms with Gasteiger partial charge >= 0.3 is 0 Å². The number of anilines is 1. The summed E-state index contributed by atoms with van der Waals surface area (Å²) in [7, 11) is 1.64. The third kappa shape index (κ3) is 3.91. The summed E-state index contributed by atoms with van der Waals surface area (Å²) >= 11 is 0. The summed E-state index contributed by atoms with van der Waals surface area (Å²) in [5.74, 6) is -0.145. The van der Waals surface area contributed by atoms with E-state index in [1.807, 2.05) is 0 Å². The minimum Gasteiger partial charge on any atom is -0.389 e. The molecule has 21 heavy (non-hydrogen) atoms. The summed E-state index contributed by atoms with van der Waals surface area (Å²) in [5, 5.41) is 23.5. The average Bonchev–Trinajstić information content (AvgIpc) is 3.21. The van der Waals surface area contributed by atoms with Crippen molar-refractivity contribution < 1.29 is 14.8 Å². The quantitative estimate of drug-likeness (QED) is 0.610. The monoisotopic (exact) mass is 293 g/mol. The molecule has 0 aromatic heterocycles. The highest BCUT2D eigenvalue weighted by atomic mass is 16.6. The van der Waals surface area contributed by atoms with Gasteiger partial charge in [-0.15, -0.1) is 0 Å². The number of aliphatic hydroxyl groups excluding tert-OH is 1. The summed E-state index contributed by atoms with van der Waals surface area (Å²) in [6.45, 7) is 1.61. The van der Waals surface area contributed by atoms with Crippen molar-refractivity contribution in [1.82, 2.24) is 5.32 Å². The first-order chi connectivity index (χ1) is 9.88. The van der Waals surface area contributed by atoms with E-state index < -0.39 is 11.0 Å². The van der Waals surface area contributed by atoms with E-state index in [9.17, 15) is 20.0 Å². The highest BCUT2D eigenvalue weighted by Crippen LogP contribution is 2.30. The first-order valence-corrected chi connectivity index (χ1v) is 6.85. The molecule has 1 aliphatic rings. The zero-order chi connectivity index (χ0) is 15.6. The summed E-state index contributed by atoms with van der Waals surface area (Å²) in [5.41, 5.74) is 0.715. The van der Waals surface area contributed by atoms with Crippen molar-refractivity contribution in [3.05, 3.63) is 33.9 Å². The zero-order valence-corrected chi connectivity index (χ0v) is 12.1. The van der Waals surface area contributed by atoms with Crippen LogP contribution in [0.4, 0.5) is 11.4 Å². The van der Waals surface area contributed by atoms with Crippen LogP contribution in [0.2, 0.25) is 0 Å². The molecule has 1 aromatic rings. The maximum atomic E-state index is 11.8. The number of nitro groups is 1. The van der Waals surface area contributed by atoms with Crippen LogP contribution in [0.1, 0.15) is 31.4 Å². The molecule has 1 fully saturated rings. The fourth-order valence-electron chi connectivity index (χ4n) is 2.07. The minimum atomic E-state index is -0.777. The van der Waals surface area contributed by atoms with Gasteiger partial charge in [0.25, 0.3) is 5.69 Å². The van der Waals surface area contributed by atoms with Crippen molar-refractivity contribution in [2.45, 2.75) is 31.9 Å². The third-order valence-corrected chi connectivity index (χ3v) is 3.41. The Morgan fingerprint density at radius 1 is 1.57 bits per heavy atom. The zero-order valence-electron chi connectivity index (χ0n) is 12.1. The lowest BCUT2D eigenvalue weighted by Gasteiger charge is -2.19. The lowest BCUT2D eigenvalue weighted by molar-refractivity contribution is -0.384. The molecule has 1 saturated carbocycles. The summed E-state index contributed by atoms with van der Waals surface area (Å²) in [6.07, 6.45) is 1.22. The highest BCUT2D eigenvalue weighted by molar-refractivity contribution is 5.83. The summed E-state index contributed by atoms with van der Waals surface area (Å²) in [4.78, 5) is 24.0. The lowest BCUT2D eigenvalue weighted by Crippen LogP contribution is -2.36. The second-order valence-corrected chi connectivity index (χ2v) is 5.38. The molecule has 1 atom stereocenters. The van der Waals surface area contributed by atoms with Crippen molar-refractivity contribution in [2.24, 2.45) is 0 Å². The molecule has 0 bridgehead atoms. The van der Waals surface area contributed by atoms with Crippen LogP contribution in [-0.4, -0.2) is 35.6 Å². The van der Waals surface area contributed by atoms with Gasteiger partial charge in [-0.3, -0.25) is 14.9 Å². The number of carbonyl (C=O) groups excluding carboxylic acids is 1. The number of aliphatic hydroxyl groups is 1. The fourth-order valence-corrected chi connectivity index (χ4v) is 2.07. The number of nitro benzene ring substituents is 1. The number of benzene rings is 1. The van der Waals surface area contributed by atoms with Gasteiger partial charge in [0.1, 0.15) is 5.69 Å². The number of amides is 1. The molecular weight excluding hydrogens is 274 g/mol. The molecule has 7 heteroatoms. The predicted octanol–water partition coefficient (Wildman–Crippen LogP) is 1.36. The molecule has 1 amide bonds. The molecule has 0 heterocycles. The van der Waals surface area contributed by atoms with Crippen molar-refractivity contribution in [1.29, 1.82) is 0 Å². The highest BCUT2D eigenvalue weighted by Gasteiger charge is 2.25. The molecule has 114 valence electrons. The van der Waals surface area contributed by atoms with Crippen LogP contribution in [0.3, 0.4) is 0 Å². The van der Waals surface area contributed by atoms with Crippen molar-refractivity contribution >= 4 is 17.3 Å². The third-order valence-electron chi connectivity index (χ3n) is 3.41. The molecule has 0 saturated heterocycles. The van der Waals surface area contributed by atoms with E-state index in [0.717, 1.165) is 12.8 Å². The number of nitrogens with zero attached hydrogens (tertiary/aromatic N) is 2. The minimum absolute atomic E-state index is 0.0609. The van der Waals surface area contributed by atoms with Crippen LogP contribution >= 0.6 is 0 Å². The Balaban J connectivity index is 2.16. The van der Waals surface area contributed by atoms with E-state index in [2.05, 4.69) is 5.32 Å². The molecule has 7 nitrogen and oxygen atoms in total. The van der Waals surface area contributed by atoms with Crippen LogP contribution < -0.4 is 10.2 Å². The number of rotatable bonds is 6. The Bertz CT molecular complexity index is 555. The Labute approximate surface area is 122 Å². The van der Waals surface area contributed by atoms with E-state index in [0.29, 0.717) is 11.3 Å². The van der Waals surface area contributed by atoms with Gasteiger partial charge in [-0.1, -0.05) is 6.07 Å². The van der Waals surface area contributed by atoms with Crippen LogP contribution in [0.15, 0.2) is 18.2 Å². The lowest BCUT2D eigenvalue weighted by atomic mass is 10.1. The summed E-state index contributed by atoms with van der Waals surface area (Å²) < 4.78 is 0. The summed E-state index contributed by atoms with van der Waals surface area (Å²) in [6, 6.07) is 4.79. The Kier molecular flexibility index (Phi) is 4.42. The fraction of sp³-hybridized carbons (Fsp3) is 0.500. The maximum absolute atomic E-state index is 11.8. The van der Waals surface area contributed by atoms with E-state index in [1.165, 1.54) is 6.07 Å². The largest absolute Gasteiger partial charge is 0.389 e. The van der Waals surface area contributed by atoms with Gasteiger partial charge < -0.3 is 15.3 Å². The van der Waals surface area contributed by atoms with E-state index in [1.54, 1.807) is 31.0 Å². The van der Waals surface area contributed by atoms with Crippen molar-refractivity contribution in [2.75, 3.05) is 18.5 Å². The number of nitrogens with one attached hydrogen (secondary N) is 1. The molecule has 1 aromatic carbocycles. The first-order valence-electron chi connectivity index (χ1n) is 6.85. The Hall–Kier alpha value is -2.15. The van der Waals surface area contributed by atoms with Gasteiger partial charge in [0.15, 0.2) is 0 Å². The first kappa shape index (κ1) is 15.2. The normalized spacial score (nSPS) is 15.4. The number of likely N-dealkylation sites (N-methyl/N-ethyl adjacent to an activating group) is 1. The molecule has 1 unspecified atom stereocenters. The molecule has 1 aliphatic carbocycles. The van der Waals surface area contributed by atoms with Crippen LogP contribution in [-0.2, 0) is 4.79 Å². The van der Waals surface area contributed by atoms with E-state index in [-0.39, 0.29) is 24.2 Å². The number of hydrogen-bond donors (Lipinski definition) is 2. The van der Waals surface area contributed by atoms with Crippen LogP contribution in [0, 0.1) is 10.1 Å². The smallest absolute Gasteiger partial charge is 0.292 e. The molecule has 0 aliphatic heterocycles. The second kappa shape index (κ2) is 6.09. The Morgan fingerprint density at radius 3 is 2.76 bits per heavy atom. The second-order valence-electron chi connectivity index (χ2n) is 5.38. The van der Waals surface area contributed by atoms with Crippen molar-refractivity contribution in [3.8, 4) is 0 Å². The van der Waals surface area contributed by atoms with Gasteiger partial charge in [0, 0.05) is 19.2 Å². The topological polar surface area (TPSA) is 95.7 Å². The standard InChI is InChI=1S/C14H19N3O4/c1-9(18)10-3-6-12(13(7-10)17(20)21)16(2)8-14(19)15-11-4-5-11/h3,6-7,9,11,18H,4-5,8H2,1-2H3,(H,15,19). The van der Waals surface area contributed by atoms with E-state index in [4.69, 9.17) is 0 Å². The Morgan fingerprint density at radius 2 is 2.24 bits per heavy atom. The van der Waals surface area contributed by atoms with E-state index >= 15 is 0 Å². The molecule has 2 rings (SSSR count). The van der Waals surface area contributed by atoms with Crippen LogP contribution in [0.5, 0.6) is 0 Å². The van der Waals surface area contributed by atoms with Gasteiger partial charge in [0.05, 0.1) is 17.6 Å². The van der Waals surface area contributed by atoms with Crippen LogP contribution in [0.25, 0.3) is 0 Å². The molecule has 0 spiro atoms. The number of hydrogen-bond acceptors (Lipinski definition) is 5. The van der Waals surface area contributed by atoms with Crippen molar-refractivity contribution in [3.63, 3.8) is 0 Å². The molecule has 0 radical (unpaired) electrons. The van der Waals surface area contributed by atoms with Gasteiger partial charge in [0.2, 0.25) is 5.91 Å². The van der Waals surface area contributed by atoms with Gasteiger partial charge in [-0.25, -0.2) is 0 Å². The maximum Gasteiger partial charge on any atom is 0.292 e. The van der Waals surface area contributed by atoms with Gasteiger partial charge in [-0.2, -0.15) is 0 Å². The SMILES string of the molecule is CC(O)c1ccc(N(C)CC(=O)NC2CC2)c([N+](=O)[O-])c1. The molecular formula is C14H19N3O4. The van der Waals surface area contributed by atoms with Gasteiger partial charge in [-0.05, 0) is 31.4 Å².